The Kier molecular flexibility index (Phi) is 6.27. The van der Waals surface area contributed by atoms with Gasteiger partial charge in [0, 0.05) is 23.7 Å². The van der Waals surface area contributed by atoms with E-state index >= 15 is 0 Å². The fourth-order valence-electron chi connectivity index (χ4n) is 3.17. The van der Waals surface area contributed by atoms with Gasteiger partial charge in [-0.1, -0.05) is 29.8 Å². The van der Waals surface area contributed by atoms with Crippen molar-refractivity contribution in [1.82, 2.24) is 4.31 Å². The molecule has 0 unspecified atom stereocenters. The summed E-state index contributed by atoms with van der Waals surface area (Å²) in [6.45, 7) is 2.64. The van der Waals surface area contributed by atoms with Crippen LogP contribution in [0.5, 0.6) is 5.75 Å². The lowest BCUT2D eigenvalue weighted by Gasteiger charge is -2.19. The Morgan fingerprint density at radius 1 is 1.14 bits per heavy atom. The summed E-state index contributed by atoms with van der Waals surface area (Å²) in [6, 6.07) is 11.4. The number of carbonyl (C=O) groups excluding carboxylic acids is 1. The van der Waals surface area contributed by atoms with Gasteiger partial charge < -0.3 is 9.47 Å². The van der Waals surface area contributed by atoms with Crippen molar-refractivity contribution in [1.29, 1.82) is 0 Å². The van der Waals surface area contributed by atoms with Crippen LogP contribution in [0.15, 0.2) is 47.4 Å². The van der Waals surface area contributed by atoms with E-state index in [0.717, 1.165) is 12.8 Å². The Bertz CT molecular complexity index is 970. The van der Waals surface area contributed by atoms with Crippen molar-refractivity contribution in [2.45, 2.75) is 30.8 Å². The van der Waals surface area contributed by atoms with Crippen LogP contribution in [0.25, 0.3) is 0 Å². The molecule has 0 N–H and O–H groups in total. The van der Waals surface area contributed by atoms with E-state index < -0.39 is 22.1 Å². The minimum absolute atomic E-state index is 0.0308. The molecular weight excluding hydrogens is 402 g/mol. The Morgan fingerprint density at radius 2 is 1.82 bits per heavy atom. The number of ether oxygens (including phenoxy) is 2. The van der Waals surface area contributed by atoms with E-state index in [4.69, 9.17) is 21.1 Å². The van der Waals surface area contributed by atoms with Crippen molar-refractivity contribution in [2.75, 3.05) is 20.2 Å². The molecule has 150 valence electrons. The highest BCUT2D eigenvalue weighted by Gasteiger charge is 2.31. The number of benzene rings is 2. The molecular formula is C20H22ClNO5S. The number of sulfonamides is 1. The molecule has 1 atom stereocenters. The van der Waals surface area contributed by atoms with Crippen LogP contribution in [-0.2, 0) is 14.8 Å². The molecule has 8 heteroatoms. The molecule has 6 nitrogen and oxygen atoms in total. The number of hydrogen-bond donors (Lipinski definition) is 0. The Balaban J connectivity index is 1.88. The molecule has 1 aliphatic rings. The maximum Gasteiger partial charge on any atom is 0.338 e. The molecule has 1 heterocycles. The molecule has 2 aromatic carbocycles. The second-order valence-corrected chi connectivity index (χ2v) is 8.86. The quantitative estimate of drug-likeness (QED) is 0.655. The van der Waals surface area contributed by atoms with Gasteiger partial charge in [-0.2, -0.15) is 4.31 Å². The summed E-state index contributed by atoms with van der Waals surface area (Å²) in [7, 11) is -2.35. The first kappa shape index (κ1) is 20.6. The third-order valence-corrected chi connectivity index (χ3v) is 6.97. The molecule has 1 fully saturated rings. The molecule has 0 radical (unpaired) electrons. The number of esters is 1. The van der Waals surface area contributed by atoms with Gasteiger partial charge in [-0.25, -0.2) is 13.2 Å². The van der Waals surface area contributed by atoms with E-state index in [9.17, 15) is 13.2 Å². The summed E-state index contributed by atoms with van der Waals surface area (Å²) in [4.78, 5) is 12.6. The lowest BCUT2D eigenvalue weighted by molar-refractivity contribution is 0.0338. The summed E-state index contributed by atoms with van der Waals surface area (Å²) in [5, 5.41) is 0.495. The number of methoxy groups -OCH3 is 1. The minimum Gasteiger partial charge on any atom is -0.495 e. The third-order valence-electron chi connectivity index (χ3n) is 4.71. The Morgan fingerprint density at radius 3 is 2.46 bits per heavy atom. The van der Waals surface area contributed by atoms with Gasteiger partial charge in [-0.3, -0.25) is 0 Å². The zero-order chi connectivity index (χ0) is 20.3. The van der Waals surface area contributed by atoms with E-state index in [1.54, 1.807) is 31.2 Å². The van der Waals surface area contributed by atoms with E-state index in [1.807, 2.05) is 0 Å². The van der Waals surface area contributed by atoms with Crippen LogP contribution in [-0.4, -0.2) is 38.9 Å². The largest absolute Gasteiger partial charge is 0.495 e. The van der Waals surface area contributed by atoms with Crippen molar-refractivity contribution in [3.63, 3.8) is 0 Å². The van der Waals surface area contributed by atoms with Crippen molar-refractivity contribution in [2.24, 2.45) is 0 Å². The number of nitrogens with zero attached hydrogens (tertiary/aromatic N) is 1. The van der Waals surface area contributed by atoms with E-state index in [0.29, 0.717) is 23.7 Å². The van der Waals surface area contributed by atoms with Crippen LogP contribution in [0.4, 0.5) is 0 Å². The van der Waals surface area contributed by atoms with Crippen LogP contribution in [0.1, 0.15) is 41.8 Å². The summed E-state index contributed by atoms with van der Waals surface area (Å²) in [5.74, 6) is -0.435. The SMILES string of the molecule is COc1ccc(C(=O)O[C@@H](C)c2ccccc2Cl)cc1S(=O)(=O)N1CCCC1. The van der Waals surface area contributed by atoms with Gasteiger partial charge >= 0.3 is 5.97 Å². The van der Waals surface area contributed by atoms with Gasteiger partial charge in [0.2, 0.25) is 10.0 Å². The van der Waals surface area contributed by atoms with Gasteiger partial charge in [0.15, 0.2) is 0 Å². The number of rotatable bonds is 6. The predicted molar refractivity (Wildman–Crippen MR) is 106 cm³/mol. The summed E-state index contributed by atoms with van der Waals surface area (Å²) < 4.78 is 38.0. The average Bonchev–Trinajstić information content (AvgIpc) is 3.23. The van der Waals surface area contributed by atoms with E-state index in [2.05, 4.69) is 0 Å². The topological polar surface area (TPSA) is 72.9 Å². The first-order valence-electron chi connectivity index (χ1n) is 8.98. The molecule has 2 aromatic rings. The normalized spacial score (nSPS) is 16.0. The highest BCUT2D eigenvalue weighted by Crippen LogP contribution is 2.31. The second-order valence-electron chi connectivity index (χ2n) is 6.55. The van der Waals surface area contributed by atoms with Gasteiger partial charge in [-0.05, 0) is 44.0 Å². The Labute approximate surface area is 170 Å². The monoisotopic (exact) mass is 423 g/mol. The van der Waals surface area contributed by atoms with Crippen LogP contribution in [0.3, 0.4) is 0 Å². The first-order chi connectivity index (χ1) is 13.3. The van der Waals surface area contributed by atoms with Crippen molar-refractivity contribution in [3.05, 3.63) is 58.6 Å². The fraction of sp³-hybridized carbons (Fsp3) is 0.350. The zero-order valence-electron chi connectivity index (χ0n) is 15.7. The van der Waals surface area contributed by atoms with Crippen molar-refractivity contribution >= 4 is 27.6 Å². The first-order valence-corrected chi connectivity index (χ1v) is 10.8. The molecule has 3 rings (SSSR count). The predicted octanol–water partition coefficient (Wildman–Crippen LogP) is 4.05. The molecule has 0 aromatic heterocycles. The maximum atomic E-state index is 13.0. The van der Waals surface area contributed by atoms with Crippen LogP contribution >= 0.6 is 11.6 Å². The van der Waals surface area contributed by atoms with Gasteiger partial charge in [-0.15, -0.1) is 0 Å². The molecule has 0 amide bonds. The summed E-state index contributed by atoms with van der Waals surface area (Å²) in [5.41, 5.74) is 0.813. The number of carbonyl (C=O) groups is 1. The lowest BCUT2D eigenvalue weighted by atomic mass is 10.1. The van der Waals surface area contributed by atoms with E-state index in [1.165, 1.54) is 29.6 Å². The zero-order valence-corrected chi connectivity index (χ0v) is 17.3. The lowest BCUT2D eigenvalue weighted by Crippen LogP contribution is -2.28. The average molecular weight is 424 g/mol. The maximum absolute atomic E-state index is 13.0. The molecule has 0 spiro atoms. The standard InChI is InChI=1S/C20H22ClNO5S/c1-14(16-7-3-4-8-17(16)21)27-20(23)15-9-10-18(26-2)19(13-15)28(24,25)22-11-5-6-12-22/h3-4,7-10,13-14H,5-6,11-12H2,1-2H3/t14-/m0/s1. The highest BCUT2D eigenvalue weighted by molar-refractivity contribution is 7.89. The number of hydrogen-bond acceptors (Lipinski definition) is 5. The van der Waals surface area contributed by atoms with Crippen molar-refractivity contribution in [3.8, 4) is 5.75 Å². The van der Waals surface area contributed by atoms with Gasteiger partial charge in [0.1, 0.15) is 16.7 Å². The van der Waals surface area contributed by atoms with Gasteiger partial charge in [0.25, 0.3) is 0 Å². The molecule has 0 bridgehead atoms. The smallest absolute Gasteiger partial charge is 0.338 e. The highest BCUT2D eigenvalue weighted by atomic mass is 35.5. The third kappa shape index (κ3) is 4.16. The fourth-order valence-corrected chi connectivity index (χ4v) is 5.16. The van der Waals surface area contributed by atoms with E-state index in [-0.39, 0.29) is 16.2 Å². The summed E-state index contributed by atoms with van der Waals surface area (Å²) in [6.07, 6.45) is 1.05. The molecule has 1 saturated heterocycles. The Hall–Kier alpha value is -2.09. The molecule has 28 heavy (non-hydrogen) atoms. The molecule has 0 aliphatic carbocycles. The minimum atomic E-state index is -3.75. The molecule has 0 saturated carbocycles. The molecule has 1 aliphatic heterocycles. The van der Waals surface area contributed by atoms with Crippen LogP contribution in [0, 0.1) is 0 Å². The second kappa shape index (κ2) is 8.51. The van der Waals surface area contributed by atoms with Crippen LogP contribution in [0.2, 0.25) is 5.02 Å². The van der Waals surface area contributed by atoms with Gasteiger partial charge in [0.05, 0.1) is 12.7 Å². The summed E-state index contributed by atoms with van der Waals surface area (Å²) >= 11 is 6.15. The number of halogens is 1. The van der Waals surface area contributed by atoms with Crippen molar-refractivity contribution < 1.29 is 22.7 Å². The van der Waals surface area contributed by atoms with Crippen LogP contribution < -0.4 is 4.74 Å².